The number of hydrazine groups is 1. The lowest BCUT2D eigenvalue weighted by atomic mass is 10.5. The Kier molecular flexibility index (Phi) is 4.65. The van der Waals surface area contributed by atoms with Gasteiger partial charge in [0.15, 0.2) is 0 Å². The zero-order valence-electron chi connectivity index (χ0n) is 8.02. The number of hydrogen-bond donors (Lipinski definition) is 3. The Morgan fingerprint density at radius 2 is 2.07 bits per heavy atom. The molecule has 0 heterocycles. The van der Waals surface area contributed by atoms with Gasteiger partial charge in [0.1, 0.15) is 5.70 Å². The van der Waals surface area contributed by atoms with E-state index in [-0.39, 0.29) is 11.6 Å². The van der Waals surface area contributed by atoms with E-state index in [4.69, 9.17) is 10.8 Å². The summed E-state index contributed by atoms with van der Waals surface area (Å²) in [5.41, 5.74) is 5.94. The number of amides is 3. The molecular weight excluding hydrogens is 206 g/mol. The molecule has 0 unspecified atom stereocenters. The molecule has 3 amide bonds. The molecule has 84 valence electrons. The number of nitrogens with two attached hydrogens (primary N) is 1. The summed E-state index contributed by atoms with van der Waals surface area (Å²) in [5.74, 6) is -1.49. The molecule has 0 bridgehead atoms. The van der Waals surface area contributed by atoms with E-state index in [1.54, 1.807) is 6.92 Å². The molecule has 4 N–H and O–H groups in total. The van der Waals surface area contributed by atoms with Crippen molar-refractivity contribution in [3.8, 4) is 0 Å². The van der Waals surface area contributed by atoms with Crippen molar-refractivity contribution >= 4 is 18.1 Å². The maximum Gasteiger partial charge on any atom is 0.426 e. The average molecular weight is 217 g/mol. The van der Waals surface area contributed by atoms with E-state index in [2.05, 4.69) is 11.3 Å². The normalized spacial score (nSPS) is 8.87. The van der Waals surface area contributed by atoms with Crippen molar-refractivity contribution in [1.82, 2.24) is 10.4 Å². The van der Waals surface area contributed by atoms with Crippen LogP contribution in [-0.4, -0.2) is 34.8 Å². The Morgan fingerprint density at radius 1 is 1.53 bits per heavy atom. The summed E-state index contributed by atoms with van der Waals surface area (Å²) < 4.78 is 4.42. The number of primary amides is 1. The van der Waals surface area contributed by atoms with Gasteiger partial charge in [0, 0.05) is 0 Å². The highest BCUT2D eigenvalue weighted by Gasteiger charge is 2.21. The number of rotatable bonds is 3. The van der Waals surface area contributed by atoms with Crippen molar-refractivity contribution in [2.75, 3.05) is 6.61 Å². The Hall–Kier alpha value is -2.25. The van der Waals surface area contributed by atoms with E-state index in [9.17, 15) is 14.4 Å². The van der Waals surface area contributed by atoms with E-state index in [1.165, 1.54) is 0 Å². The standard InChI is InChI=1S/C7H11N3O5/c1-3-15-7(14)9-10(6(8)13)4(2)5(11)12/h2-3H2,1H3,(H2,8,13)(H,9,14)(H,11,12). The molecule has 0 aliphatic carbocycles. The number of carbonyl (C=O) groups excluding carboxylic acids is 2. The number of aliphatic carboxylic acids is 1. The molecule has 8 nitrogen and oxygen atoms in total. The molecule has 0 saturated carbocycles. The van der Waals surface area contributed by atoms with Crippen molar-refractivity contribution in [2.24, 2.45) is 5.73 Å². The number of hydrogen-bond acceptors (Lipinski definition) is 4. The van der Waals surface area contributed by atoms with E-state index in [1.807, 2.05) is 5.43 Å². The molecule has 0 aromatic carbocycles. The highest BCUT2D eigenvalue weighted by Crippen LogP contribution is 1.98. The molecule has 0 aromatic rings. The first-order valence-electron chi connectivity index (χ1n) is 3.85. The van der Waals surface area contributed by atoms with Crippen LogP contribution in [0.25, 0.3) is 0 Å². The highest BCUT2D eigenvalue weighted by atomic mass is 16.6. The zero-order valence-corrected chi connectivity index (χ0v) is 8.02. The summed E-state index contributed by atoms with van der Waals surface area (Å²) in [6.45, 7) is 4.65. The Bertz CT molecular complexity index is 301. The third kappa shape index (κ3) is 3.98. The van der Waals surface area contributed by atoms with E-state index in [0.717, 1.165) is 0 Å². The number of carboxylic acid groups (broad SMARTS) is 1. The lowest BCUT2D eigenvalue weighted by molar-refractivity contribution is -0.134. The molecule has 0 spiro atoms. The largest absolute Gasteiger partial charge is 0.477 e. The predicted octanol–water partition coefficient (Wildman–Crippen LogP) is -0.374. The van der Waals surface area contributed by atoms with Crippen LogP contribution in [-0.2, 0) is 9.53 Å². The maximum atomic E-state index is 10.9. The average Bonchev–Trinajstić information content (AvgIpc) is 2.13. The zero-order chi connectivity index (χ0) is 12.0. The van der Waals surface area contributed by atoms with Gasteiger partial charge in [-0.2, -0.15) is 5.01 Å². The van der Waals surface area contributed by atoms with Crippen LogP contribution in [0.15, 0.2) is 12.3 Å². The van der Waals surface area contributed by atoms with Gasteiger partial charge in [-0.25, -0.2) is 19.8 Å². The third-order valence-corrected chi connectivity index (χ3v) is 1.22. The molecule has 0 atom stereocenters. The van der Waals surface area contributed by atoms with Gasteiger partial charge in [0.2, 0.25) is 0 Å². The Morgan fingerprint density at radius 3 is 2.40 bits per heavy atom. The molecular formula is C7H11N3O5. The molecule has 0 aliphatic rings. The molecule has 0 rings (SSSR count). The molecule has 0 radical (unpaired) electrons. The van der Waals surface area contributed by atoms with Crippen LogP contribution in [0.1, 0.15) is 6.92 Å². The molecule has 0 fully saturated rings. The van der Waals surface area contributed by atoms with E-state index >= 15 is 0 Å². The van der Waals surface area contributed by atoms with Gasteiger partial charge in [0.05, 0.1) is 6.61 Å². The monoisotopic (exact) mass is 217 g/mol. The number of carbonyl (C=O) groups is 3. The van der Waals surface area contributed by atoms with Crippen molar-refractivity contribution < 1.29 is 24.2 Å². The molecule has 0 aromatic heterocycles. The smallest absolute Gasteiger partial charge is 0.426 e. The summed E-state index contributed by atoms with van der Waals surface area (Å²) >= 11 is 0. The lowest BCUT2D eigenvalue weighted by Crippen LogP contribution is -2.49. The predicted molar refractivity (Wildman–Crippen MR) is 48.4 cm³/mol. The molecule has 8 heteroatoms. The van der Waals surface area contributed by atoms with Crippen LogP contribution in [0.2, 0.25) is 0 Å². The van der Waals surface area contributed by atoms with Crippen LogP contribution in [0.4, 0.5) is 9.59 Å². The fourth-order valence-corrected chi connectivity index (χ4v) is 0.606. The number of nitrogens with zero attached hydrogens (tertiary/aromatic N) is 1. The minimum absolute atomic E-state index is 0.0674. The van der Waals surface area contributed by atoms with Crippen molar-refractivity contribution in [2.45, 2.75) is 6.92 Å². The summed E-state index contributed by atoms with van der Waals surface area (Å²) in [7, 11) is 0. The SMILES string of the molecule is C=C(C(=O)O)N(NC(=O)OCC)C(N)=O. The van der Waals surface area contributed by atoms with Gasteiger partial charge < -0.3 is 15.6 Å². The van der Waals surface area contributed by atoms with Crippen LogP contribution in [0.5, 0.6) is 0 Å². The topological polar surface area (TPSA) is 122 Å². The maximum absolute atomic E-state index is 10.9. The van der Waals surface area contributed by atoms with Crippen molar-refractivity contribution in [3.63, 3.8) is 0 Å². The van der Waals surface area contributed by atoms with Crippen LogP contribution >= 0.6 is 0 Å². The third-order valence-electron chi connectivity index (χ3n) is 1.22. The number of ether oxygens (including phenoxy) is 1. The van der Waals surface area contributed by atoms with Gasteiger partial charge in [0.25, 0.3) is 0 Å². The summed E-state index contributed by atoms with van der Waals surface area (Å²) in [6, 6.07) is -1.18. The number of carboxylic acids is 1. The fourth-order valence-electron chi connectivity index (χ4n) is 0.606. The summed E-state index contributed by atoms with van der Waals surface area (Å²) in [5, 5.41) is 8.78. The first-order chi connectivity index (χ1) is 6.90. The Balaban J connectivity index is 4.55. The second-order valence-corrected chi connectivity index (χ2v) is 2.26. The molecule has 0 saturated heterocycles. The van der Waals surface area contributed by atoms with Gasteiger partial charge >= 0.3 is 18.1 Å². The first-order valence-corrected chi connectivity index (χ1v) is 3.85. The van der Waals surface area contributed by atoms with Crippen LogP contribution in [0, 0.1) is 0 Å². The van der Waals surface area contributed by atoms with E-state index in [0.29, 0.717) is 0 Å². The van der Waals surface area contributed by atoms with Gasteiger partial charge in [-0.3, -0.25) is 0 Å². The van der Waals surface area contributed by atoms with Crippen LogP contribution < -0.4 is 11.2 Å². The van der Waals surface area contributed by atoms with Gasteiger partial charge in [-0.15, -0.1) is 0 Å². The molecule has 15 heavy (non-hydrogen) atoms. The minimum Gasteiger partial charge on any atom is -0.477 e. The lowest BCUT2D eigenvalue weighted by Gasteiger charge is -2.19. The van der Waals surface area contributed by atoms with Crippen molar-refractivity contribution in [3.05, 3.63) is 12.3 Å². The second kappa shape index (κ2) is 5.47. The molecule has 0 aliphatic heterocycles. The second-order valence-electron chi connectivity index (χ2n) is 2.26. The number of urea groups is 1. The summed E-state index contributed by atoms with van der Waals surface area (Å²) in [6.07, 6.45) is -1.00. The Labute approximate surface area is 85.3 Å². The fraction of sp³-hybridized carbons (Fsp3) is 0.286. The van der Waals surface area contributed by atoms with Crippen molar-refractivity contribution in [1.29, 1.82) is 0 Å². The summed E-state index contributed by atoms with van der Waals surface area (Å²) in [4.78, 5) is 32.1. The van der Waals surface area contributed by atoms with E-state index < -0.39 is 23.8 Å². The highest BCUT2D eigenvalue weighted by molar-refractivity contribution is 5.91. The minimum atomic E-state index is -1.49. The van der Waals surface area contributed by atoms with Crippen LogP contribution in [0.3, 0.4) is 0 Å². The number of nitrogens with one attached hydrogen (secondary N) is 1. The quantitative estimate of drug-likeness (QED) is 0.439. The van der Waals surface area contributed by atoms with Gasteiger partial charge in [-0.05, 0) is 6.92 Å². The van der Waals surface area contributed by atoms with Gasteiger partial charge in [-0.1, -0.05) is 6.58 Å². The first kappa shape index (κ1) is 12.8.